The lowest BCUT2D eigenvalue weighted by Crippen LogP contribution is -2.42. The molecule has 1 aliphatic heterocycles. The van der Waals surface area contributed by atoms with Crippen LogP contribution in [0.3, 0.4) is 0 Å². The molecule has 1 fully saturated rings. The number of fused-ring (bicyclic) bond motifs is 1. The topological polar surface area (TPSA) is 158 Å². The van der Waals surface area contributed by atoms with Crippen LogP contribution in [0.15, 0.2) is 43.0 Å². The van der Waals surface area contributed by atoms with Crippen LogP contribution >= 0.6 is 0 Å². The van der Waals surface area contributed by atoms with E-state index in [-0.39, 0.29) is 42.3 Å². The molecule has 1 aliphatic rings. The molecule has 0 unspecified atom stereocenters. The van der Waals surface area contributed by atoms with Gasteiger partial charge in [0, 0.05) is 55.9 Å². The highest BCUT2D eigenvalue weighted by atomic mass is 19.4. The summed E-state index contributed by atoms with van der Waals surface area (Å²) >= 11 is 0. The number of anilines is 2. The van der Waals surface area contributed by atoms with E-state index in [9.17, 15) is 22.8 Å². The number of amides is 3. The first-order valence-corrected chi connectivity index (χ1v) is 13.0. The fourth-order valence-electron chi connectivity index (χ4n) is 4.75. The van der Waals surface area contributed by atoms with Gasteiger partial charge >= 0.3 is 12.2 Å². The van der Waals surface area contributed by atoms with Crippen molar-refractivity contribution < 1.29 is 22.8 Å². The third kappa shape index (κ3) is 5.94. The summed E-state index contributed by atoms with van der Waals surface area (Å²) in [4.78, 5) is 35.3. The van der Waals surface area contributed by atoms with Gasteiger partial charge in [-0.3, -0.25) is 14.3 Å². The van der Waals surface area contributed by atoms with Gasteiger partial charge in [-0.15, -0.1) is 0 Å². The minimum Gasteiger partial charge on any atom is -0.350 e. The molecule has 0 bridgehead atoms. The average molecular weight is 571 g/mol. The number of aromatic nitrogens is 5. The normalized spacial score (nSPS) is 15.3. The number of hydrogen-bond acceptors (Lipinski definition) is 7. The lowest BCUT2D eigenvalue weighted by atomic mass is 10.0. The predicted molar refractivity (Wildman–Crippen MR) is 145 cm³/mol. The number of aromatic amines is 1. The Balaban J connectivity index is 1.26. The minimum atomic E-state index is -4.61. The highest BCUT2D eigenvalue weighted by Crippen LogP contribution is 2.36. The number of nitrogens with zero attached hydrogens (tertiary/aromatic N) is 5. The first-order chi connectivity index (χ1) is 19.7. The Labute approximate surface area is 232 Å². The number of likely N-dealkylation sites (tertiary alicyclic amines) is 1. The molecule has 15 heteroatoms. The third-order valence-corrected chi connectivity index (χ3v) is 6.82. The van der Waals surface area contributed by atoms with Gasteiger partial charge in [-0.05, 0) is 36.6 Å². The van der Waals surface area contributed by atoms with E-state index in [1.165, 1.54) is 23.0 Å². The minimum absolute atomic E-state index is 0.000152. The van der Waals surface area contributed by atoms with Crippen LogP contribution in [0.25, 0.3) is 16.9 Å². The summed E-state index contributed by atoms with van der Waals surface area (Å²) in [6, 6.07) is 4.99. The van der Waals surface area contributed by atoms with Gasteiger partial charge in [-0.1, -0.05) is 6.92 Å². The summed E-state index contributed by atoms with van der Waals surface area (Å²) in [5, 5.41) is 14.3. The second-order valence-corrected chi connectivity index (χ2v) is 9.60. The Morgan fingerprint density at radius 3 is 2.71 bits per heavy atom. The van der Waals surface area contributed by atoms with Crippen LogP contribution in [0.2, 0.25) is 0 Å². The van der Waals surface area contributed by atoms with Crippen LogP contribution in [0.1, 0.15) is 35.0 Å². The van der Waals surface area contributed by atoms with Crippen molar-refractivity contribution in [2.75, 3.05) is 31.5 Å². The Hall–Kier alpha value is -4.66. The zero-order chi connectivity index (χ0) is 29.1. The number of carbonyl (C=O) groups excluding carboxylic acids is 2. The van der Waals surface area contributed by atoms with E-state index in [1.54, 1.807) is 23.1 Å². The number of rotatable bonds is 8. The van der Waals surface area contributed by atoms with Gasteiger partial charge in [0.15, 0.2) is 11.5 Å². The average Bonchev–Trinajstić information content (AvgIpc) is 3.70. The van der Waals surface area contributed by atoms with E-state index >= 15 is 0 Å². The molecule has 1 atom stereocenters. The second kappa shape index (κ2) is 11.4. The summed E-state index contributed by atoms with van der Waals surface area (Å²) in [7, 11) is 0. The number of nitrogens with one attached hydrogen (secondary N) is 4. The highest BCUT2D eigenvalue weighted by molar-refractivity contribution is 5.96. The number of carbonyl (C=O) groups is 2. The van der Waals surface area contributed by atoms with Crippen molar-refractivity contribution in [2.45, 2.75) is 32.0 Å². The second-order valence-electron chi connectivity index (χ2n) is 9.60. The lowest BCUT2D eigenvalue weighted by Gasteiger charge is -2.17. The Morgan fingerprint density at radius 2 is 1.98 bits per heavy atom. The first-order valence-electron chi connectivity index (χ1n) is 13.0. The molecule has 4 heterocycles. The van der Waals surface area contributed by atoms with E-state index < -0.39 is 11.9 Å². The predicted octanol–water partition coefficient (Wildman–Crippen LogP) is 2.92. The summed E-state index contributed by atoms with van der Waals surface area (Å²) in [6.07, 6.45) is 2.14. The number of halogens is 3. The monoisotopic (exact) mass is 570 g/mol. The van der Waals surface area contributed by atoms with Gasteiger partial charge < -0.3 is 26.6 Å². The van der Waals surface area contributed by atoms with Crippen molar-refractivity contribution in [1.29, 1.82) is 0 Å². The number of imidazole rings is 1. The molecule has 0 aliphatic carbocycles. The third-order valence-electron chi connectivity index (χ3n) is 6.82. The Morgan fingerprint density at radius 1 is 1.17 bits per heavy atom. The van der Waals surface area contributed by atoms with Gasteiger partial charge in [0.25, 0.3) is 5.91 Å². The molecule has 12 nitrogen and oxygen atoms in total. The van der Waals surface area contributed by atoms with E-state index in [0.29, 0.717) is 42.2 Å². The van der Waals surface area contributed by atoms with E-state index in [2.05, 4.69) is 31.0 Å². The standard InChI is InChI=1S/C26H29F3N10O2/c1-2-15-11-17(3-4-18(15)24(40)32-6-7-33-25(41)38-9-5-16(30)14-38)36-22-23-34-13-20(39(23)10-8-31-22)19-12-35-37-21(19)26(27,28)29/h3-4,8,10-13,16H,2,5-7,9,14,30H2,1H3,(H,31,36)(H,32,40)(H,33,41)(H,35,37)/t16-/m1/s1. The molecule has 3 amide bonds. The van der Waals surface area contributed by atoms with Crippen LogP contribution < -0.4 is 21.7 Å². The van der Waals surface area contributed by atoms with E-state index in [1.807, 2.05) is 12.0 Å². The fraction of sp³-hybridized carbons (Fsp3) is 0.346. The first kappa shape index (κ1) is 27.9. The van der Waals surface area contributed by atoms with Crippen LogP contribution in [0, 0.1) is 0 Å². The van der Waals surface area contributed by atoms with Crippen molar-refractivity contribution in [2.24, 2.45) is 5.73 Å². The number of H-pyrrole nitrogens is 1. The molecule has 1 saturated heterocycles. The van der Waals surface area contributed by atoms with Crippen molar-refractivity contribution in [3.8, 4) is 11.3 Å². The number of nitrogens with two attached hydrogens (primary N) is 1. The van der Waals surface area contributed by atoms with Crippen LogP contribution in [0.4, 0.5) is 29.5 Å². The molecule has 0 radical (unpaired) electrons. The molecule has 1 aromatic carbocycles. The number of benzene rings is 1. The van der Waals surface area contributed by atoms with Crippen molar-refractivity contribution in [1.82, 2.24) is 40.1 Å². The summed E-state index contributed by atoms with van der Waals surface area (Å²) in [5.74, 6) is 0.0503. The lowest BCUT2D eigenvalue weighted by molar-refractivity contribution is -0.140. The maximum absolute atomic E-state index is 13.4. The smallest absolute Gasteiger partial charge is 0.350 e. The zero-order valence-electron chi connectivity index (χ0n) is 22.1. The molecular formula is C26H29F3N10O2. The molecule has 41 heavy (non-hydrogen) atoms. The molecule has 3 aromatic heterocycles. The largest absolute Gasteiger partial charge is 0.433 e. The van der Waals surface area contributed by atoms with Crippen LogP contribution in [-0.4, -0.2) is 73.6 Å². The SMILES string of the molecule is CCc1cc(Nc2nccn3c(-c4cn[nH]c4C(F)(F)F)cnc23)ccc1C(=O)NCCNC(=O)N1CC[C@@H](N)C1. The van der Waals surface area contributed by atoms with Crippen molar-refractivity contribution in [3.05, 3.63) is 59.8 Å². The van der Waals surface area contributed by atoms with Gasteiger partial charge in [0.1, 0.15) is 5.69 Å². The number of alkyl halides is 3. The molecule has 6 N–H and O–H groups in total. The number of urea groups is 1. The molecular weight excluding hydrogens is 541 g/mol. The van der Waals surface area contributed by atoms with Gasteiger partial charge in [0.05, 0.1) is 23.7 Å². The molecule has 5 rings (SSSR count). The quantitative estimate of drug-likeness (QED) is 0.204. The highest BCUT2D eigenvalue weighted by Gasteiger charge is 2.36. The van der Waals surface area contributed by atoms with Gasteiger partial charge in [-0.2, -0.15) is 18.3 Å². The number of aryl methyl sites for hydroxylation is 1. The summed E-state index contributed by atoms with van der Waals surface area (Å²) in [6.45, 7) is 3.60. The van der Waals surface area contributed by atoms with Gasteiger partial charge in [-0.25, -0.2) is 14.8 Å². The zero-order valence-corrected chi connectivity index (χ0v) is 22.1. The number of hydrogen-bond donors (Lipinski definition) is 5. The van der Waals surface area contributed by atoms with E-state index in [4.69, 9.17) is 5.73 Å². The fourth-order valence-corrected chi connectivity index (χ4v) is 4.75. The van der Waals surface area contributed by atoms with Crippen LogP contribution in [-0.2, 0) is 12.6 Å². The molecule has 216 valence electrons. The summed E-state index contributed by atoms with van der Waals surface area (Å²) < 4.78 is 41.7. The molecule has 0 saturated carbocycles. The summed E-state index contributed by atoms with van der Waals surface area (Å²) in [5.41, 5.74) is 7.14. The maximum atomic E-state index is 13.4. The molecule has 4 aromatic rings. The molecule has 0 spiro atoms. The van der Waals surface area contributed by atoms with Crippen LogP contribution in [0.5, 0.6) is 0 Å². The Kier molecular flexibility index (Phi) is 7.79. The van der Waals surface area contributed by atoms with Crippen molar-refractivity contribution >= 4 is 29.1 Å². The Bertz CT molecular complexity index is 1560. The van der Waals surface area contributed by atoms with Crippen molar-refractivity contribution in [3.63, 3.8) is 0 Å². The maximum Gasteiger partial charge on any atom is 0.433 e. The van der Waals surface area contributed by atoms with Gasteiger partial charge in [0.2, 0.25) is 0 Å². The van der Waals surface area contributed by atoms with E-state index in [0.717, 1.165) is 18.2 Å².